The highest BCUT2D eigenvalue weighted by Crippen LogP contribution is 2.23. The van der Waals surface area contributed by atoms with Crippen LogP contribution in [0.3, 0.4) is 0 Å². The SMILES string of the molecule is CC1CN(C2CCN(C(=S)Nc3ccc(S(N)(=O)=O)cc3)CC2)C(=O)O1. The average Bonchev–Trinajstić information content (AvgIpc) is 2.93. The molecule has 0 radical (unpaired) electrons. The van der Waals surface area contributed by atoms with Crippen LogP contribution in [-0.2, 0) is 14.8 Å². The van der Waals surface area contributed by atoms with Gasteiger partial charge in [-0.1, -0.05) is 0 Å². The molecule has 0 aromatic heterocycles. The number of sulfonamides is 1. The number of nitrogens with two attached hydrogens (primary N) is 1. The van der Waals surface area contributed by atoms with Crippen LogP contribution in [0.2, 0.25) is 0 Å². The maximum Gasteiger partial charge on any atom is 0.410 e. The summed E-state index contributed by atoms with van der Waals surface area (Å²) in [5.74, 6) is 0. The summed E-state index contributed by atoms with van der Waals surface area (Å²) in [6.45, 7) is 4.02. The highest BCUT2D eigenvalue weighted by molar-refractivity contribution is 7.89. The summed E-state index contributed by atoms with van der Waals surface area (Å²) >= 11 is 5.44. The van der Waals surface area contributed by atoms with Crippen molar-refractivity contribution in [2.45, 2.75) is 36.8 Å². The Hall–Kier alpha value is -1.91. The second kappa shape index (κ2) is 7.37. The standard InChI is InChI=1S/C16H22N4O4S2/c1-11-10-20(16(21)24-11)13-6-8-19(9-7-13)15(25)18-12-2-4-14(5-3-12)26(17,22)23/h2-5,11,13H,6-10H2,1H3,(H,18,25)(H2,17,22,23). The van der Waals surface area contributed by atoms with Gasteiger partial charge in [0.25, 0.3) is 0 Å². The molecule has 26 heavy (non-hydrogen) atoms. The molecule has 2 fully saturated rings. The number of hydrogen-bond acceptors (Lipinski definition) is 5. The Balaban J connectivity index is 1.53. The summed E-state index contributed by atoms with van der Waals surface area (Å²) in [5.41, 5.74) is 0.696. The van der Waals surface area contributed by atoms with Crippen molar-refractivity contribution in [3.8, 4) is 0 Å². The third kappa shape index (κ3) is 4.25. The van der Waals surface area contributed by atoms with E-state index in [0.29, 0.717) is 17.3 Å². The number of benzene rings is 1. The maximum absolute atomic E-state index is 11.8. The van der Waals surface area contributed by atoms with Crippen LogP contribution in [0.4, 0.5) is 10.5 Å². The van der Waals surface area contributed by atoms with Crippen LogP contribution in [0.25, 0.3) is 0 Å². The number of cyclic esters (lactones) is 1. The van der Waals surface area contributed by atoms with Crippen molar-refractivity contribution in [1.29, 1.82) is 0 Å². The highest BCUT2D eigenvalue weighted by atomic mass is 32.2. The first-order valence-corrected chi connectivity index (χ1v) is 10.4. The number of carbonyl (C=O) groups excluding carboxylic acids is 1. The number of hydrogen-bond donors (Lipinski definition) is 2. The molecule has 1 amide bonds. The minimum absolute atomic E-state index is 0.0522. The van der Waals surface area contributed by atoms with E-state index >= 15 is 0 Å². The van der Waals surface area contributed by atoms with E-state index in [2.05, 4.69) is 5.32 Å². The summed E-state index contributed by atoms with van der Waals surface area (Å²) < 4.78 is 27.8. The van der Waals surface area contributed by atoms with Crippen molar-refractivity contribution in [2.24, 2.45) is 5.14 Å². The van der Waals surface area contributed by atoms with Gasteiger partial charge in [-0.15, -0.1) is 0 Å². The fourth-order valence-corrected chi connectivity index (χ4v) is 4.05. The van der Waals surface area contributed by atoms with E-state index in [1.165, 1.54) is 12.1 Å². The van der Waals surface area contributed by atoms with Crippen LogP contribution in [0.1, 0.15) is 19.8 Å². The second-order valence-corrected chi connectivity index (χ2v) is 8.51. The van der Waals surface area contributed by atoms with E-state index < -0.39 is 10.0 Å². The van der Waals surface area contributed by atoms with Gasteiger partial charge in [-0.3, -0.25) is 0 Å². The maximum atomic E-state index is 11.8. The Kier molecular flexibility index (Phi) is 5.35. The lowest BCUT2D eigenvalue weighted by Crippen LogP contribution is -2.48. The smallest absolute Gasteiger partial charge is 0.410 e. The van der Waals surface area contributed by atoms with Crippen LogP contribution < -0.4 is 10.5 Å². The van der Waals surface area contributed by atoms with Crippen LogP contribution in [0.5, 0.6) is 0 Å². The number of likely N-dealkylation sites (tertiary alicyclic amines) is 1. The number of amides is 1. The molecule has 10 heteroatoms. The number of nitrogens with zero attached hydrogens (tertiary/aromatic N) is 2. The molecular formula is C16H22N4O4S2. The molecule has 3 rings (SSSR count). The van der Waals surface area contributed by atoms with E-state index in [9.17, 15) is 13.2 Å². The first-order valence-electron chi connectivity index (χ1n) is 8.40. The van der Waals surface area contributed by atoms with Crippen LogP contribution in [0, 0.1) is 0 Å². The molecular weight excluding hydrogens is 376 g/mol. The number of nitrogens with one attached hydrogen (secondary N) is 1. The third-order valence-electron chi connectivity index (χ3n) is 4.62. The zero-order valence-electron chi connectivity index (χ0n) is 14.4. The first-order chi connectivity index (χ1) is 12.2. The molecule has 1 aromatic rings. The fraction of sp³-hybridized carbons (Fsp3) is 0.500. The minimum Gasteiger partial charge on any atom is -0.444 e. The van der Waals surface area contributed by atoms with Gasteiger partial charge in [0.15, 0.2) is 5.11 Å². The fourth-order valence-electron chi connectivity index (χ4n) is 3.24. The van der Waals surface area contributed by atoms with Gasteiger partial charge in [0.1, 0.15) is 6.10 Å². The van der Waals surface area contributed by atoms with Gasteiger partial charge in [-0.2, -0.15) is 0 Å². The Morgan fingerprint density at radius 3 is 2.38 bits per heavy atom. The van der Waals surface area contributed by atoms with E-state index in [0.717, 1.165) is 25.9 Å². The number of primary sulfonamides is 1. The lowest BCUT2D eigenvalue weighted by atomic mass is 10.0. The number of ether oxygens (including phenoxy) is 1. The number of anilines is 1. The van der Waals surface area contributed by atoms with E-state index in [1.807, 2.05) is 16.7 Å². The number of thiocarbonyl (C=S) groups is 1. The molecule has 2 saturated heterocycles. The summed E-state index contributed by atoms with van der Waals surface area (Å²) in [6.07, 6.45) is 1.37. The van der Waals surface area contributed by atoms with Gasteiger partial charge < -0.3 is 19.9 Å². The van der Waals surface area contributed by atoms with Crippen molar-refractivity contribution in [1.82, 2.24) is 9.80 Å². The van der Waals surface area contributed by atoms with E-state index in [-0.39, 0.29) is 23.1 Å². The molecule has 2 aliphatic heterocycles. The molecule has 2 heterocycles. The summed E-state index contributed by atoms with van der Waals surface area (Å²) in [5, 5.41) is 8.77. The Morgan fingerprint density at radius 2 is 1.88 bits per heavy atom. The average molecular weight is 399 g/mol. The largest absolute Gasteiger partial charge is 0.444 e. The number of piperidine rings is 1. The van der Waals surface area contributed by atoms with E-state index in [1.54, 1.807) is 12.1 Å². The predicted octanol–water partition coefficient (Wildman–Crippen LogP) is 1.34. The molecule has 1 atom stereocenters. The molecule has 142 valence electrons. The normalized spacial score (nSPS) is 21.6. The van der Waals surface area contributed by atoms with Crippen molar-refractivity contribution in [3.05, 3.63) is 24.3 Å². The van der Waals surface area contributed by atoms with Crippen LogP contribution in [-0.4, -0.2) is 61.2 Å². The molecule has 1 aromatic carbocycles. The molecule has 0 aliphatic carbocycles. The molecule has 2 aliphatic rings. The van der Waals surface area contributed by atoms with Gasteiger partial charge in [-0.25, -0.2) is 18.4 Å². The lowest BCUT2D eigenvalue weighted by molar-refractivity contribution is 0.123. The van der Waals surface area contributed by atoms with E-state index in [4.69, 9.17) is 22.1 Å². The zero-order chi connectivity index (χ0) is 18.9. The number of rotatable bonds is 3. The molecule has 0 saturated carbocycles. The molecule has 0 spiro atoms. The quantitative estimate of drug-likeness (QED) is 0.740. The molecule has 0 bridgehead atoms. The van der Waals surface area contributed by atoms with Crippen molar-refractivity contribution >= 4 is 39.1 Å². The summed E-state index contributed by atoms with van der Waals surface area (Å²) in [4.78, 5) is 15.8. The van der Waals surface area contributed by atoms with Gasteiger partial charge in [-0.05, 0) is 56.2 Å². The topological polar surface area (TPSA) is 105 Å². The summed E-state index contributed by atoms with van der Waals surface area (Å²) in [6, 6.07) is 6.31. The summed E-state index contributed by atoms with van der Waals surface area (Å²) in [7, 11) is -3.70. The van der Waals surface area contributed by atoms with Crippen LogP contribution in [0.15, 0.2) is 29.2 Å². The van der Waals surface area contributed by atoms with Gasteiger partial charge in [0, 0.05) is 24.8 Å². The van der Waals surface area contributed by atoms with Gasteiger partial charge in [0.05, 0.1) is 11.4 Å². The van der Waals surface area contributed by atoms with Crippen molar-refractivity contribution < 1.29 is 17.9 Å². The van der Waals surface area contributed by atoms with Gasteiger partial charge in [0.2, 0.25) is 10.0 Å². The molecule has 3 N–H and O–H groups in total. The Morgan fingerprint density at radius 1 is 1.27 bits per heavy atom. The monoisotopic (exact) mass is 398 g/mol. The van der Waals surface area contributed by atoms with Crippen molar-refractivity contribution in [3.63, 3.8) is 0 Å². The first kappa shape index (κ1) is 18.9. The Bertz CT molecular complexity index is 789. The highest BCUT2D eigenvalue weighted by Gasteiger charge is 2.35. The number of carbonyl (C=O) groups is 1. The lowest BCUT2D eigenvalue weighted by Gasteiger charge is -2.36. The minimum atomic E-state index is -3.70. The van der Waals surface area contributed by atoms with Crippen molar-refractivity contribution in [2.75, 3.05) is 25.0 Å². The second-order valence-electron chi connectivity index (χ2n) is 6.56. The van der Waals surface area contributed by atoms with Gasteiger partial charge >= 0.3 is 6.09 Å². The molecule has 8 nitrogen and oxygen atoms in total. The van der Waals surface area contributed by atoms with Crippen LogP contribution >= 0.6 is 12.2 Å². The Labute approximate surface area is 158 Å². The zero-order valence-corrected chi connectivity index (χ0v) is 16.1. The third-order valence-corrected chi connectivity index (χ3v) is 5.91. The predicted molar refractivity (Wildman–Crippen MR) is 101 cm³/mol. The molecule has 1 unspecified atom stereocenters.